The molecular formula is C14H22N2O4. The van der Waals surface area contributed by atoms with Crippen molar-refractivity contribution in [3.05, 3.63) is 12.2 Å². The lowest BCUT2D eigenvalue weighted by Crippen LogP contribution is -2.34. The third kappa shape index (κ3) is 5.77. The first-order chi connectivity index (χ1) is 9.10. The monoisotopic (exact) mass is 282 g/mol. The van der Waals surface area contributed by atoms with Crippen LogP contribution in [0.5, 0.6) is 0 Å². The molecule has 0 aliphatic heterocycles. The number of ketones is 2. The zero-order valence-electron chi connectivity index (χ0n) is 12.9. The van der Waals surface area contributed by atoms with E-state index in [0.29, 0.717) is 5.57 Å². The minimum atomic E-state index is -0.933. The molecule has 0 aromatic rings. The number of carbonyl (C=O) groups excluding carboxylic acids is 2. The Morgan fingerprint density at radius 1 is 1.00 bits per heavy atom. The normalized spacial score (nSPS) is 15.3. The van der Waals surface area contributed by atoms with Crippen LogP contribution in [0.15, 0.2) is 22.5 Å². The van der Waals surface area contributed by atoms with Crippen molar-refractivity contribution in [2.24, 2.45) is 10.3 Å². The van der Waals surface area contributed by atoms with Gasteiger partial charge in [0.05, 0.1) is 0 Å². The lowest BCUT2D eigenvalue weighted by Gasteiger charge is -2.26. The summed E-state index contributed by atoms with van der Waals surface area (Å²) in [6.45, 7) is 13.2. The molecule has 112 valence electrons. The van der Waals surface area contributed by atoms with E-state index in [1.807, 2.05) is 0 Å². The van der Waals surface area contributed by atoms with Crippen LogP contribution in [-0.4, -0.2) is 35.2 Å². The van der Waals surface area contributed by atoms with Crippen LogP contribution in [0, 0.1) is 0 Å². The van der Waals surface area contributed by atoms with E-state index in [0.717, 1.165) is 0 Å². The van der Waals surface area contributed by atoms with Gasteiger partial charge in [-0.2, -0.15) is 0 Å². The average Bonchev–Trinajstić information content (AvgIpc) is 2.35. The van der Waals surface area contributed by atoms with E-state index in [-0.39, 0.29) is 29.6 Å². The Balaban J connectivity index is 4.83. The number of nitrogens with zero attached hydrogens (tertiary/aromatic N) is 2. The maximum absolute atomic E-state index is 11.1. The predicted molar refractivity (Wildman–Crippen MR) is 77.8 cm³/mol. The molecule has 6 heteroatoms. The van der Waals surface area contributed by atoms with Crippen LogP contribution >= 0.6 is 0 Å². The average molecular weight is 282 g/mol. The fourth-order valence-corrected chi connectivity index (χ4v) is 0.778. The number of hydrogen-bond donors (Lipinski definition) is 0. The van der Waals surface area contributed by atoms with Crippen LogP contribution in [0.25, 0.3) is 0 Å². The third-order valence-corrected chi connectivity index (χ3v) is 2.85. The second kappa shape index (κ2) is 7.57. The summed E-state index contributed by atoms with van der Waals surface area (Å²) in [5.41, 5.74) is 0.240. The van der Waals surface area contributed by atoms with Crippen molar-refractivity contribution >= 4 is 23.0 Å². The first kappa shape index (κ1) is 18.0. The van der Waals surface area contributed by atoms with Crippen molar-refractivity contribution in [2.75, 3.05) is 6.61 Å². The molecule has 0 N–H and O–H groups in total. The van der Waals surface area contributed by atoms with Gasteiger partial charge in [0.15, 0.2) is 23.8 Å². The van der Waals surface area contributed by atoms with Crippen molar-refractivity contribution in [3.8, 4) is 0 Å². The molecule has 1 atom stereocenters. The molecule has 0 saturated carbocycles. The summed E-state index contributed by atoms with van der Waals surface area (Å²) >= 11 is 0. The second-order valence-electron chi connectivity index (χ2n) is 4.84. The van der Waals surface area contributed by atoms with Crippen LogP contribution in [0.3, 0.4) is 0 Å². The van der Waals surface area contributed by atoms with Crippen molar-refractivity contribution in [3.63, 3.8) is 0 Å². The van der Waals surface area contributed by atoms with Gasteiger partial charge in [-0.15, -0.1) is 0 Å². The molecule has 0 aliphatic carbocycles. The Labute approximate surface area is 119 Å². The molecule has 0 aromatic heterocycles. The van der Waals surface area contributed by atoms with Gasteiger partial charge in [0.25, 0.3) is 0 Å². The van der Waals surface area contributed by atoms with Gasteiger partial charge in [-0.05, 0) is 33.3 Å². The molecule has 6 nitrogen and oxygen atoms in total. The van der Waals surface area contributed by atoms with Crippen LogP contribution in [0.1, 0.15) is 41.5 Å². The van der Waals surface area contributed by atoms with Crippen LogP contribution in [0.2, 0.25) is 0 Å². The Kier molecular flexibility index (Phi) is 6.82. The van der Waals surface area contributed by atoms with Crippen LogP contribution in [-0.2, 0) is 19.3 Å². The third-order valence-electron chi connectivity index (χ3n) is 2.85. The fraction of sp³-hybridized carbons (Fsp3) is 0.571. The smallest absolute Gasteiger partial charge is 0.191 e. The highest BCUT2D eigenvalue weighted by atomic mass is 16.7. The standard InChI is InChI=1S/C14H22N2O4/c1-9(2)14(7,20-16-11(4)13(6)18)8-19-15-10(3)12(5)17/h1,8H2,2-7H3/b15-10+,16-11+/t14-/m0/s1. The molecule has 20 heavy (non-hydrogen) atoms. The molecule has 0 aromatic carbocycles. The van der Waals surface area contributed by atoms with Gasteiger partial charge in [-0.25, -0.2) is 0 Å². The Bertz CT molecular complexity index is 466. The van der Waals surface area contributed by atoms with Gasteiger partial charge in [-0.3, -0.25) is 9.59 Å². The molecular weight excluding hydrogens is 260 g/mol. The number of hydrogen-bond acceptors (Lipinski definition) is 6. The summed E-state index contributed by atoms with van der Waals surface area (Å²) in [4.78, 5) is 32.5. The minimum absolute atomic E-state index is 0.0294. The van der Waals surface area contributed by atoms with Crippen molar-refractivity contribution in [2.45, 2.75) is 47.1 Å². The summed E-state index contributed by atoms with van der Waals surface area (Å²) in [5, 5.41) is 7.44. The zero-order valence-corrected chi connectivity index (χ0v) is 12.9. The topological polar surface area (TPSA) is 77.3 Å². The number of rotatable bonds is 8. The molecule has 0 bridgehead atoms. The molecule has 0 heterocycles. The fourth-order valence-electron chi connectivity index (χ4n) is 0.778. The van der Waals surface area contributed by atoms with Gasteiger partial charge in [-0.1, -0.05) is 16.9 Å². The van der Waals surface area contributed by atoms with Crippen LogP contribution < -0.4 is 0 Å². The van der Waals surface area contributed by atoms with Crippen molar-refractivity contribution in [1.82, 2.24) is 0 Å². The summed E-state index contributed by atoms with van der Waals surface area (Å²) < 4.78 is 0. The maximum Gasteiger partial charge on any atom is 0.191 e. The lowest BCUT2D eigenvalue weighted by atomic mass is 10.0. The number of Topliss-reactive ketones (excluding diaryl/α,β-unsaturated/α-hetero) is 2. The molecule has 0 fully saturated rings. The molecule has 0 saturated heterocycles. The first-order valence-corrected chi connectivity index (χ1v) is 6.17. The summed E-state index contributed by atoms with van der Waals surface area (Å²) in [6.07, 6.45) is 0. The Morgan fingerprint density at radius 2 is 1.45 bits per heavy atom. The quantitative estimate of drug-likeness (QED) is 0.389. The summed E-state index contributed by atoms with van der Waals surface area (Å²) in [5.74, 6) is -0.353. The lowest BCUT2D eigenvalue weighted by molar-refractivity contribution is -0.112. The molecule has 0 spiro atoms. The largest absolute Gasteiger partial charge is 0.391 e. The van der Waals surface area contributed by atoms with E-state index in [1.165, 1.54) is 13.8 Å². The van der Waals surface area contributed by atoms with Gasteiger partial charge < -0.3 is 9.68 Å². The van der Waals surface area contributed by atoms with E-state index >= 15 is 0 Å². The number of oxime groups is 2. The van der Waals surface area contributed by atoms with E-state index < -0.39 is 5.60 Å². The highest BCUT2D eigenvalue weighted by Crippen LogP contribution is 2.21. The molecule has 0 rings (SSSR count). The van der Waals surface area contributed by atoms with Crippen LogP contribution in [0.4, 0.5) is 0 Å². The first-order valence-electron chi connectivity index (χ1n) is 6.17. The SMILES string of the molecule is C=C(C)[C@](C)(CO/N=C(\C)C(C)=O)O/N=C(\C)C(C)=O. The highest BCUT2D eigenvalue weighted by molar-refractivity contribution is 6.38. The predicted octanol–water partition coefficient (Wildman–Crippen LogP) is 2.28. The second-order valence-corrected chi connectivity index (χ2v) is 4.84. The molecule has 0 unspecified atom stereocenters. The number of carbonyl (C=O) groups is 2. The van der Waals surface area contributed by atoms with Crippen molar-refractivity contribution in [1.29, 1.82) is 0 Å². The maximum atomic E-state index is 11.1. The van der Waals surface area contributed by atoms with Crippen molar-refractivity contribution < 1.29 is 19.3 Å². The van der Waals surface area contributed by atoms with E-state index in [1.54, 1.807) is 27.7 Å². The van der Waals surface area contributed by atoms with Gasteiger partial charge in [0.1, 0.15) is 11.4 Å². The summed E-state index contributed by atoms with van der Waals surface area (Å²) in [6, 6.07) is 0. The van der Waals surface area contributed by atoms with Gasteiger partial charge in [0.2, 0.25) is 0 Å². The minimum Gasteiger partial charge on any atom is -0.391 e. The van der Waals surface area contributed by atoms with E-state index in [4.69, 9.17) is 9.68 Å². The van der Waals surface area contributed by atoms with E-state index in [2.05, 4.69) is 16.9 Å². The Hall–Kier alpha value is -1.98. The molecule has 0 aliphatic rings. The zero-order chi connectivity index (χ0) is 15.9. The van der Waals surface area contributed by atoms with Gasteiger partial charge in [0, 0.05) is 13.8 Å². The molecule has 0 radical (unpaired) electrons. The van der Waals surface area contributed by atoms with E-state index in [9.17, 15) is 9.59 Å². The Morgan fingerprint density at radius 3 is 1.85 bits per heavy atom. The molecule has 0 amide bonds. The summed E-state index contributed by atoms with van der Waals surface area (Å²) in [7, 11) is 0. The highest BCUT2D eigenvalue weighted by Gasteiger charge is 2.30. The van der Waals surface area contributed by atoms with Gasteiger partial charge >= 0.3 is 0 Å².